The van der Waals surface area contributed by atoms with Crippen LogP contribution in [-0.4, -0.2) is 13.1 Å². The Morgan fingerprint density at radius 3 is 2.71 bits per heavy atom. The van der Waals surface area contributed by atoms with E-state index in [-0.39, 0.29) is 0 Å². The van der Waals surface area contributed by atoms with Crippen LogP contribution in [0, 0.1) is 17.8 Å². The normalized spacial score (nSPS) is 26.0. The van der Waals surface area contributed by atoms with Crippen molar-refractivity contribution < 1.29 is 0 Å². The van der Waals surface area contributed by atoms with Crippen LogP contribution in [0.25, 0.3) is 0 Å². The number of hydrogen-bond donors (Lipinski definition) is 1. The van der Waals surface area contributed by atoms with E-state index in [1.54, 1.807) is 0 Å². The summed E-state index contributed by atoms with van der Waals surface area (Å²) in [6.45, 7) is 6.75. The smallest absolute Gasteiger partial charge is 0.0449 e. The molecule has 3 unspecified atom stereocenters. The fourth-order valence-corrected chi connectivity index (χ4v) is 4.36. The largest absolute Gasteiger partial charge is 0.317 e. The fourth-order valence-electron chi connectivity index (χ4n) is 3.61. The summed E-state index contributed by atoms with van der Waals surface area (Å²) in [7, 11) is 0. The standard InChI is InChI=1S/C18H27BrClN/c1-3-13-5-6-15(12-21-4-2)16(9-13)10-14-7-8-17(19)11-18(14)20/h7-8,11,13,15-16,21H,3-6,9-10,12H2,1-2H3. The summed E-state index contributed by atoms with van der Waals surface area (Å²) in [5.41, 5.74) is 1.31. The summed E-state index contributed by atoms with van der Waals surface area (Å²) in [6.07, 6.45) is 6.57. The molecule has 1 N–H and O–H groups in total. The third-order valence-electron chi connectivity index (χ3n) is 4.98. The highest BCUT2D eigenvalue weighted by molar-refractivity contribution is 9.10. The van der Waals surface area contributed by atoms with Crippen LogP contribution in [0.5, 0.6) is 0 Å². The number of halogens is 2. The van der Waals surface area contributed by atoms with E-state index < -0.39 is 0 Å². The predicted octanol–water partition coefficient (Wildman–Crippen LogP) is 5.70. The van der Waals surface area contributed by atoms with Crippen molar-refractivity contribution in [3.05, 3.63) is 33.3 Å². The second-order valence-corrected chi connectivity index (χ2v) is 7.68. The van der Waals surface area contributed by atoms with Crippen molar-refractivity contribution in [2.24, 2.45) is 17.8 Å². The molecule has 0 aliphatic heterocycles. The maximum Gasteiger partial charge on any atom is 0.0449 e. The molecule has 0 bridgehead atoms. The van der Waals surface area contributed by atoms with Crippen molar-refractivity contribution in [3.8, 4) is 0 Å². The SMILES string of the molecule is CCNCC1CCC(CC)CC1Cc1ccc(Br)cc1Cl. The van der Waals surface area contributed by atoms with Crippen LogP contribution < -0.4 is 5.32 Å². The van der Waals surface area contributed by atoms with E-state index in [1.165, 1.54) is 31.2 Å². The van der Waals surface area contributed by atoms with Crippen LogP contribution >= 0.6 is 27.5 Å². The van der Waals surface area contributed by atoms with Crippen molar-refractivity contribution in [2.75, 3.05) is 13.1 Å². The molecule has 3 heteroatoms. The zero-order chi connectivity index (χ0) is 15.2. The maximum absolute atomic E-state index is 6.43. The molecule has 1 saturated carbocycles. The average molecular weight is 373 g/mol. The van der Waals surface area contributed by atoms with Gasteiger partial charge >= 0.3 is 0 Å². The molecular weight excluding hydrogens is 346 g/mol. The molecule has 1 aliphatic rings. The lowest BCUT2D eigenvalue weighted by atomic mass is 9.71. The van der Waals surface area contributed by atoms with Gasteiger partial charge in [-0.3, -0.25) is 0 Å². The molecule has 21 heavy (non-hydrogen) atoms. The zero-order valence-electron chi connectivity index (χ0n) is 13.2. The Kier molecular flexibility index (Phi) is 7.04. The van der Waals surface area contributed by atoms with Gasteiger partial charge in [0.2, 0.25) is 0 Å². The highest BCUT2D eigenvalue weighted by Gasteiger charge is 2.29. The lowest BCUT2D eigenvalue weighted by Gasteiger charge is -2.36. The predicted molar refractivity (Wildman–Crippen MR) is 96.0 cm³/mol. The van der Waals surface area contributed by atoms with E-state index >= 15 is 0 Å². The molecule has 1 fully saturated rings. The summed E-state index contributed by atoms with van der Waals surface area (Å²) in [6, 6.07) is 6.32. The van der Waals surface area contributed by atoms with Gasteiger partial charge in [0, 0.05) is 9.50 Å². The lowest BCUT2D eigenvalue weighted by molar-refractivity contribution is 0.172. The summed E-state index contributed by atoms with van der Waals surface area (Å²) in [5, 5.41) is 4.46. The molecule has 0 amide bonds. The molecule has 0 heterocycles. The molecule has 1 aliphatic carbocycles. The minimum absolute atomic E-state index is 0.765. The molecule has 1 aromatic carbocycles. The van der Waals surface area contributed by atoms with Gasteiger partial charge in [-0.1, -0.05) is 60.3 Å². The molecule has 0 spiro atoms. The quantitative estimate of drug-likeness (QED) is 0.675. The maximum atomic E-state index is 6.43. The minimum Gasteiger partial charge on any atom is -0.317 e. The Morgan fingerprint density at radius 1 is 1.24 bits per heavy atom. The first-order valence-electron chi connectivity index (χ1n) is 8.28. The van der Waals surface area contributed by atoms with Crippen molar-refractivity contribution >= 4 is 27.5 Å². The molecule has 0 radical (unpaired) electrons. The second kappa shape index (κ2) is 8.55. The summed E-state index contributed by atoms with van der Waals surface area (Å²) >= 11 is 9.92. The van der Waals surface area contributed by atoms with E-state index in [4.69, 9.17) is 11.6 Å². The Labute approximate surface area is 143 Å². The Balaban J connectivity index is 2.07. The molecule has 2 rings (SSSR count). The zero-order valence-corrected chi connectivity index (χ0v) is 15.5. The fraction of sp³-hybridized carbons (Fsp3) is 0.667. The van der Waals surface area contributed by atoms with Gasteiger partial charge in [0.05, 0.1) is 0 Å². The topological polar surface area (TPSA) is 12.0 Å². The van der Waals surface area contributed by atoms with Gasteiger partial charge in [-0.25, -0.2) is 0 Å². The molecule has 1 aromatic rings. The highest BCUT2D eigenvalue weighted by atomic mass is 79.9. The van der Waals surface area contributed by atoms with Crippen LogP contribution in [0.15, 0.2) is 22.7 Å². The van der Waals surface area contributed by atoms with Crippen molar-refractivity contribution in [2.45, 2.75) is 46.0 Å². The molecular formula is C18H27BrClN. The average Bonchev–Trinajstić information content (AvgIpc) is 2.48. The number of hydrogen-bond acceptors (Lipinski definition) is 1. The Hall–Kier alpha value is -0.0500. The first-order chi connectivity index (χ1) is 10.1. The minimum atomic E-state index is 0.765. The number of nitrogens with one attached hydrogen (secondary N) is 1. The van der Waals surface area contributed by atoms with Crippen LogP contribution in [0.3, 0.4) is 0 Å². The third-order valence-corrected chi connectivity index (χ3v) is 5.82. The molecule has 118 valence electrons. The van der Waals surface area contributed by atoms with Crippen LogP contribution in [0.2, 0.25) is 5.02 Å². The number of benzene rings is 1. The van der Waals surface area contributed by atoms with Gasteiger partial charge in [0.1, 0.15) is 0 Å². The van der Waals surface area contributed by atoms with E-state index in [9.17, 15) is 0 Å². The molecule has 0 aromatic heterocycles. The van der Waals surface area contributed by atoms with Crippen LogP contribution in [-0.2, 0) is 6.42 Å². The van der Waals surface area contributed by atoms with Gasteiger partial charge in [0.15, 0.2) is 0 Å². The first kappa shape index (κ1) is 17.3. The molecule has 1 nitrogen and oxygen atoms in total. The van der Waals surface area contributed by atoms with Gasteiger partial charge in [0.25, 0.3) is 0 Å². The van der Waals surface area contributed by atoms with E-state index in [0.29, 0.717) is 0 Å². The number of rotatable bonds is 6. The molecule has 3 atom stereocenters. The van der Waals surface area contributed by atoms with Crippen LogP contribution in [0.1, 0.15) is 45.1 Å². The second-order valence-electron chi connectivity index (χ2n) is 6.36. The Morgan fingerprint density at radius 2 is 2.05 bits per heavy atom. The van der Waals surface area contributed by atoms with Crippen molar-refractivity contribution in [1.29, 1.82) is 0 Å². The van der Waals surface area contributed by atoms with Gasteiger partial charge in [-0.2, -0.15) is 0 Å². The summed E-state index contributed by atoms with van der Waals surface area (Å²) < 4.78 is 1.07. The van der Waals surface area contributed by atoms with E-state index in [2.05, 4.69) is 47.2 Å². The van der Waals surface area contributed by atoms with E-state index in [0.717, 1.165) is 46.8 Å². The van der Waals surface area contributed by atoms with E-state index in [1.807, 2.05) is 6.07 Å². The lowest BCUT2D eigenvalue weighted by Crippen LogP contribution is -2.34. The summed E-state index contributed by atoms with van der Waals surface area (Å²) in [4.78, 5) is 0. The highest BCUT2D eigenvalue weighted by Crippen LogP contribution is 2.38. The van der Waals surface area contributed by atoms with Crippen LogP contribution in [0.4, 0.5) is 0 Å². The first-order valence-corrected chi connectivity index (χ1v) is 9.45. The Bertz CT molecular complexity index is 449. The van der Waals surface area contributed by atoms with Crippen molar-refractivity contribution in [3.63, 3.8) is 0 Å². The summed E-state index contributed by atoms with van der Waals surface area (Å²) in [5.74, 6) is 2.47. The van der Waals surface area contributed by atoms with Gasteiger partial charge in [-0.15, -0.1) is 0 Å². The van der Waals surface area contributed by atoms with Gasteiger partial charge in [-0.05, 0) is 67.8 Å². The van der Waals surface area contributed by atoms with Crippen molar-refractivity contribution in [1.82, 2.24) is 5.32 Å². The monoisotopic (exact) mass is 371 g/mol. The third kappa shape index (κ3) is 4.97. The molecule has 0 saturated heterocycles. The van der Waals surface area contributed by atoms with Gasteiger partial charge < -0.3 is 5.32 Å².